The van der Waals surface area contributed by atoms with Gasteiger partial charge in [0.2, 0.25) is 0 Å². The van der Waals surface area contributed by atoms with E-state index in [2.05, 4.69) is 32.9 Å². The molecule has 0 saturated heterocycles. The van der Waals surface area contributed by atoms with Gasteiger partial charge in [0.25, 0.3) is 0 Å². The molecule has 0 bridgehead atoms. The first-order valence-electron chi connectivity index (χ1n) is 7.16. The summed E-state index contributed by atoms with van der Waals surface area (Å²) in [4.78, 5) is 10.9. The minimum Gasteiger partial charge on any atom is -0.489 e. The molecule has 3 heteroatoms. The van der Waals surface area contributed by atoms with Crippen LogP contribution >= 0.6 is 0 Å². The van der Waals surface area contributed by atoms with Crippen molar-refractivity contribution in [2.75, 3.05) is 6.61 Å². The number of rotatable bonds is 7. The van der Waals surface area contributed by atoms with E-state index in [9.17, 15) is 4.79 Å². The van der Waals surface area contributed by atoms with Gasteiger partial charge in [-0.3, -0.25) is 0 Å². The van der Waals surface area contributed by atoms with Gasteiger partial charge in [0.05, 0.1) is 5.56 Å². The van der Waals surface area contributed by atoms with Gasteiger partial charge >= 0.3 is 5.97 Å². The first-order chi connectivity index (χ1) is 9.90. The summed E-state index contributed by atoms with van der Waals surface area (Å²) in [5.74, 6) is -0.187. The van der Waals surface area contributed by atoms with Crippen LogP contribution in [0.15, 0.2) is 41.5 Å². The molecule has 0 aliphatic carbocycles. The fraction of sp³-hybridized carbons (Fsp3) is 0.389. The Morgan fingerprint density at radius 1 is 1.24 bits per heavy atom. The molecule has 0 fully saturated rings. The molecule has 0 heterocycles. The highest BCUT2D eigenvalue weighted by Gasteiger charge is 2.05. The lowest BCUT2D eigenvalue weighted by Gasteiger charge is -2.08. The summed E-state index contributed by atoms with van der Waals surface area (Å²) in [6.07, 6.45) is 6.39. The van der Waals surface area contributed by atoms with Crippen molar-refractivity contribution in [1.82, 2.24) is 0 Å². The van der Waals surface area contributed by atoms with Gasteiger partial charge in [-0.05, 0) is 70.4 Å². The van der Waals surface area contributed by atoms with E-state index in [0.29, 0.717) is 6.61 Å². The van der Waals surface area contributed by atoms with Crippen LogP contribution in [-0.4, -0.2) is 17.7 Å². The average Bonchev–Trinajstić information content (AvgIpc) is 2.40. The quantitative estimate of drug-likeness (QED) is 0.735. The zero-order valence-electron chi connectivity index (χ0n) is 13.3. The van der Waals surface area contributed by atoms with Crippen LogP contribution in [0, 0.1) is 6.92 Å². The molecule has 3 nitrogen and oxygen atoms in total. The van der Waals surface area contributed by atoms with Crippen LogP contribution in [0.25, 0.3) is 0 Å². The molecule has 1 aromatic carbocycles. The van der Waals surface area contributed by atoms with Crippen molar-refractivity contribution in [1.29, 1.82) is 0 Å². The molecule has 0 aliphatic heterocycles. The summed E-state index contributed by atoms with van der Waals surface area (Å²) >= 11 is 0. The maximum atomic E-state index is 10.9. The van der Waals surface area contributed by atoms with E-state index in [1.54, 1.807) is 18.2 Å². The monoisotopic (exact) mass is 288 g/mol. The fourth-order valence-electron chi connectivity index (χ4n) is 1.91. The molecule has 114 valence electrons. The van der Waals surface area contributed by atoms with Crippen molar-refractivity contribution < 1.29 is 14.6 Å². The van der Waals surface area contributed by atoms with Crippen LogP contribution in [-0.2, 0) is 0 Å². The molecule has 0 spiro atoms. The van der Waals surface area contributed by atoms with E-state index in [0.717, 1.165) is 24.2 Å². The number of aromatic carboxylic acids is 1. The second-order valence-corrected chi connectivity index (χ2v) is 5.47. The van der Waals surface area contributed by atoms with Crippen molar-refractivity contribution >= 4 is 5.97 Å². The van der Waals surface area contributed by atoms with Crippen molar-refractivity contribution in [2.45, 2.75) is 40.5 Å². The number of hydrogen-bond acceptors (Lipinski definition) is 2. The number of ether oxygens (including phenoxy) is 1. The van der Waals surface area contributed by atoms with E-state index in [1.165, 1.54) is 11.1 Å². The maximum Gasteiger partial charge on any atom is 0.335 e. The number of aryl methyl sites for hydroxylation is 1. The van der Waals surface area contributed by atoms with Crippen LogP contribution in [0.3, 0.4) is 0 Å². The van der Waals surface area contributed by atoms with Crippen LogP contribution in [0.4, 0.5) is 0 Å². The molecule has 1 N–H and O–H groups in total. The molecule has 21 heavy (non-hydrogen) atoms. The summed E-state index contributed by atoms with van der Waals surface area (Å²) in [5, 5.41) is 8.92. The highest BCUT2D eigenvalue weighted by atomic mass is 16.5. The average molecular weight is 288 g/mol. The molecule has 0 aromatic heterocycles. The minimum atomic E-state index is -0.917. The number of carboxylic acids is 1. The molecule has 0 atom stereocenters. The predicted octanol–water partition coefficient (Wildman–Crippen LogP) is 4.76. The lowest BCUT2D eigenvalue weighted by atomic mass is 10.1. The highest BCUT2D eigenvalue weighted by molar-refractivity contribution is 5.88. The third-order valence-corrected chi connectivity index (χ3v) is 3.18. The van der Waals surface area contributed by atoms with E-state index < -0.39 is 5.97 Å². The lowest BCUT2D eigenvalue weighted by Crippen LogP contribution is -2.00. The van der Waals surface area contributed by atoms with E-state index >= 15 is 0 Å². The molecule has 1 aromatic rings. The minimum absolute atomic E-state index is 0.285. The smallest absolute Gasteiger partial charge is 0.335 e. The van der Waals surface area contributed by atoms with Gasteiger partial charge in [-0.15, -0.1) is 0 Å². The Balaban J connectivity index is 2.52. The number of allylic oxidation sites excluding steroid dienone is 3. The Morgan fingerprint density at radius 3 is 2.52 bits per heavy atom. The largest absolute Gasteiger partial charge is 0.489 e. The molecule has 0 radical (unpaired) electrons. The number of carbonyl (C=O) groups is 1. The molecule has 0 aliphatic rings. The summed E-state index contributed by atoms with van der Waals surface area (Å²) in [5.41, 5.74) is 3.76. The molecule has 0 saturated carbocycles. The first-order valence-corrected chi connectivity index (χ1v) is 7.16. The standard InChI is InChI=1S/C18H24O3/c1-13(2)6-5-7-14(3)10-11-21-17-9-8-16(18(19)20)12-15(17)4/h6,8-10,12H,5,7,11H2,1-4H3,(H,19,20)/b14-10+. The SMILES string of the molecule is CC(C)=CCC/C(C)=C/COc1ccc(C(=O)O)cc1C. The third kappa shape index (κ3) is 6.30. The zero-order chi connectivity index (χ0) is 15.8. The van der Waals surface area contributed by atoms with Crippen molar-refractivity contribution in [3.63, 3.8) is 0 Å². The van der Waals surface area contributed by atoms with Gasteiger partial charge < -0.3 is 9.84 Å². The highest BCUT2D eigenvalue weighted by Crippen LogP contribution is 2.19. The molecule has 0 amide bonds. The second-order valence-electron chi connectivity index (χ2n) is 5.47. The lowest BCUT2D eigenvalue weighted by molar-refractivity contribution is 0.0696. The number of carboxylic acid groups (broad SMARTS) is 1. The Hall–Kier alpha value is -2.03. The first kappa shape index (κ1) is 17.0. The van der Waals surface area contributed by atoms with Gasteiger partial charge in [0.15, 0.2) is 0 Å². The van der Waals surface area contributed by atoms with Gasteiger partial charge in [-0.25, -0.2) is 4.79 Å². The van der Waals surface area contributed by atoms with Gasteiger partial charge in [-0.1, -0.05) is 17.2 Å². The summed E-state index contributed by atoms with van der Waals surface area (Å²) in [7, 11) is 0. The van der Waals surface area contributed by atoms with Crippen molar-refractivity contribution in [3.05, 3.63) is 52.6 Å². The summed E-state index contributed by atoms with van der Waals surface area (Å²) in [6.45, 7) is 8.67. The predicted molar refractivity (Wildman–Crippen MR) is 86.1 cm³/mol. The zero-order valence-corrected chi connectivity index (χ0v) is 13.3. The van der Waals surface area contributed by atoms with Gasteiger partial charge in [-0.2, -0.15) is 0 Å². The third-order valence-electron chi connectivity index (χ3n) is 3.18. The molecule has 1 rings (SSSR count). The topological polar surface area (TPSA) is 46.5 Å². The number of benzene rings is 1. The molecular weight excluding hydrogens is 264 g/mol. The Bertz CT molecular complexity index is 550. The van der Waals surface area contributed by atoms with Crippen LogP contribution in [0.2, 0.25) is 0 Å². The van der Waals surface area contributed by atoms with Crippen molar-refractivity contribution in [2.24, 2.45) is 0 Å². The Morgan fingerprint density at radius 2 is 1.95 bits per heavy atom. The summed E-state index contributed by atoms with van der Waals surface area (Å²) in [6, 6.07) is 4.91. The fourth-order valence-corrected chi connectivity index (χ4v) is 1.91. The Labute approximate surface area is 127 Å². The Kier molecular flexibility index (Phi) is 6.73. The van der Waals surface area contributed by atoms with Gasteiger partial charge in [0, 0.05) is 0 Å². The van der Waals surface area contributed by atoms with Gasteiger partial charge in [0.1, 0.15) is 12.4 Å². The van der Waals surface area contributed by atoms with E-state index in [4.69, 9.17) is 9.84 Å². The number of hydrogen-bond donors (Lipinski definition) is 1. The van der Waals surface area contributed by atoms with E-state index in [-0.39, 0.29) is 5.56 Å². The summed E-state index contributed by atoms with van der Waals surface area (Å²) < 4.78 is 5.68. The second kappa shape index (κ2) is 8.30. The van der Waals surface area contributed by atoms with Crippen molar-refractivity contribution in [3.8, 4) is 5.75 Å². The normalized spacial score (nSPS) is 11.1. The molecular formula is C18H24O3. The molecule has 0 unspecified atom stereocenters. The van der Waals surface area contributed by atoms with Crippen LogP contribution < -0.4 is 4.74 Å². The maximum absolute atomic E-state index is 10.9. The van der Waals surface area contributed by atoms with Crippen LogP contribution in [0.5, 0.6) is 5.75 Å². The van der Waals surface area contributed by atoms with E-state index in [1.807, 2.05) is 6.92 Å². The van der Waals surface area contributed by atoms with Crippen LogP contribution in [0.1, 0.15) is 49.5 Å².